The summed E-state index contributed by atoms with van der Waals surface area (Å²) in [4.78, 5) is 20.7. The lowest BCUT2D eigenvalue weighted by molar-refractivity contribution is 0.0704. The molecule has 2 aliphatic rings. The molecule has 1 amide bonds. The van der Waals surface area contributed by atoms with E-state index in [4.69, 9.17) is 4.74 Å². The van der Waals surface area contributed by atoms with E-state index in [1.807, 2.05) is 7.05 Å². The normalized spacial score (nSPS) is 23.1. The summed E-state index contributed by atoms with van der Waals surface area (Å²) in [6, 6.07) is 3.46. The van der Waals surface area contributed by atoms with E-state index in [9.17, 15) is 9.90 Å². The first-order valence-electron chi connectivity index (χ1n) is 8.66. The van der Waals surface area contributed by atoms with Crippen molar-refractivity contribution < 1.29 is 14.6 Å². The zero-order valence-electron chi connectivity index (χ0n) is 14.9. The fourth-order valence-electron chi connectivity index (χ4n) is 3.68. The highest BCUT2D eigenvalue weighted by Crippen LogP contribution is 2.31. The molecule has 9 heteroatoms. The van der Waals surface area contributed by atoms with Crippen LogP contribution < -0.4 is 4.74 Å². The maximum atomic E-state index is 12.7. The van der Waals surface area contributed by atoms with Crippen LogP contribution in [-0.2, 0) is 13.1 Å². The summed E-state index contributed by atoms with van der Waals surface area (Å²) in [5.74, 6) is 2.05. The Labute approximate surface area is 151 Å². The summed E-state index contributed by atoms with van der Waals surface area (Å²) in [5.41, 5.74) is 0.526. The SMILES string of the molecule is COc1ccc(C(=O)N2CCn3c(nnc3[C@@H]3C[C@@H](O)CN3C)C2)cn1. The molecule has 4 rings (SSSR count). The zero-order valence-corrected chi connectivity index (χ0v) is 14.9. The minimum atomic E-state index is -0.331. The second kappa shape index (κ2) is 6.65. The number of methoxy groups -OCH3 is 1. The highest BCUT2D eigenvalue weighted by atomic mass is 16.5. The number of likely N-dealkylation sites (N-methyl/N-ethyl adjacent to an activating group) is 1. The third-order valence-electron chi connectivity index (χ3n) is 5.09. The van der Waals surface area contributed by atoms with Crippen molar-refractivity contribution in [3.05, 3.63) is 35.5 Å². The van der Waals surface area contributed by atoms with Gasteiger partial charge in [-0.25, -0.2) is 4.98 Å². The van der Waals surface area contributed by atoms with Crippen LogP contribution in [0.1, 0.15) is 34.5 Å². The Balaban J connectivity index is 1.51. The van der Waals surface area contributed by atoms with Crippen LogP contribution >= 0.6 is 0 Å². The van der Waals surface area contributed by atoms with Crippen LogP contribution in [0.15, 0.2) is 18.3 Å². The molecule has 1 saturated heterocycles. The predicted octanol–water partition coefficient (Wildman–Crippen LogP) is 0.0752. The van der Waals surface area contributed by atoms with E-state index in [1.165, 1.54) is 6.20 Å². The van der Waals surface area contributed by atoms with Crippen molar-refractivity contribution in [3.8, 4) is 5.88 Å². The Kier molecular flexibility index (Phi) is 4.33. The first-order chi connectivity index (χ1) is 12.6. The average molecular weight is 358 g/mol. The number of hydrogen-bond acceptors (Lipinski definition) is 7. The molecular weight excluding hydrogens is 336 g/mol. The molecule has 2 aromatic rings. The summed E-state index contributed by atoms with van der Waals surface area (Å²) in [6.07, 6.45) is 1.86. The van der Waals surface area contributed by atoms with E-state index in [1.54, 1.807) is 24.1 Å². The fourth-order valence-corrected chi connectivity index (χ4v) is 3.68. The van der Waals surface area contributed by atoms with Crippen molar-refractivity contribution in [2.45, 2.75) is 31.7 Å². The Morgan fingerprint density at radius 1 is 1.31 bits per heavy atom. The second-order valence-electron chi connectivity index (χ2n) is 6.79. The van der Waals surface area contributed by atoms with Crippen LogP contribution in [0.5, 0.6) is 5.88 Å². The van der Waals surface area contributed by atoms with Crippen LogP contribution in [0.2, 0.25) is 0 Å². The predicted molar refractivity (Wildman–Crippen MR) is 91.5 cm³/mol. The topological polar surface area (TPSA) is 96.6 Å². The number of amides is 1. The maximum Gasteiger partial charge on any atom is 0.255 e. The molecule has 2 aromatic heterocycles. The van der Waals surface area contributed by atoms with Gasteiger partial charge in [-0.1, -0.05) is 0 Å². The molecule has 0 unspecified atom stereocenters. The van der Waals surface area contributed by atoms with E-state index in [2.05, 4.69) is 24.6 Å². The van der Waals surface area contributed by atoms with Gasteiger partial charge in [-0.05, 0) is 19.5 Å². The minimum absolute atomic E-state index is 0.0688. The molecule has 1 fully saturated rings. The van der Waals surface area contributed by atoms with Gasteiger partial charge in [0, 0.05) is 31.9 Å². The van der Waals surface area contributed by atoms with Crippen LogP contribution in [0.4, 0.5) is 0 Å². The number of ether oxygens (including phenoxy) is 1. The van der Waals surface area contributed by atoms with Crippen LogP contribution in [0.25, 0.3) is 0 Å². The number of rotatable bonds is 3. The molecule has 2 atom stereocenters. The highest BCUT2D eigenvalue weighted by molar-refractivity contribution is 5.94. The Morgan fingerprint density at radius 2 is 2.15 bits per heavy atom. The summed E-state index contributed by atoms with van der Waals surface area (Å²) in [7, 11) is 3.53. The smallest absolute Gasteiger partial charge is 0.255 e. The maximum absolute atomic E-state index is 12.7. The van der Waals surface area contributed by atoms with Gasteiger partial charge >= 0.3 is 0 Å². The van der Waals surface area contributed by atoms with Gasteiger partial charge in [-0.3, -0.25) is 9.69 Å². The van der Waals surface area contributed by atoms with Gasteiger partial charge in [-0.15, -0.1) is 10.2 Å². The quantitative estimate of drug-likeness (QED) is 0.830. The summed E-state index contributed by atoms with van der Waals surface area (Å²) >= 11 is 0. The van der Waals surface area contributed by atoms with E-state index in [0.717, 1.165) is 11.6 Å². The van der Waals surface area contributed by atoms with Gasteiger partial charge in [0.2, 0.25) is 5.88 Å². The third kappa shape index (κ3) is 2.93. The molecule has 0 saturated carbocycles. The number of fused-ring (bicyclic) bond motifs is 1. The van der Waals surface area contributed by atoms with E-state index in [0.29, 0.717) is 44.0 Å². The molecule has 9 nitrogen and oxygen atoms in total. The lowest BCUT2D eigenvalue weighted by atomic mass is 10.1. The van der Waals surface area contributed by atoms with Crippen LogP contribution in [0, 0.1) is 0 Å². The van der Waals surface area contributed by atoms with Crippen molar-refractivity contribution in [1.82, 2.24) is 29.5 Å². The number of likely N-dealkylation sites (tertiary alicyclic amines) is 1. The zero-order chi connectivity index (χ0) is 18.3. The average Bonchev–Trinajstić information content (AvgIpc) is 3.22. The van der Waals surface area contributed by atoms with Gasteiger partial charge in [0.05, 0.1) is 31.4 Å². The molecule has 0 spiro atoms. The van der Waals surface area contributed by atoms with Crippen LogP contribution in [0.3, 0.4) is 0 Å². The number of carbonyl (C=O) groups is 1. The Hall–Kier alpha value is -2.52. The largest absolute Gasteiger partial charge is 0.481 e. The van der Waals surface area contributed by atoms with Crippen molar-refractivity contribution in [2.75, 3.05) is 27.2 Å². The molecule has 0 radical (unpaired) electrons. The molecule has 0 bridgehead atoms. The molecular formula is C17H22N6O3. The first-order valence-corrected chi connectivity index (χ1v) is 8.66. The number of aromatic nitrogens is 4. The third-order valence-corrected chi connectivity index (χ3v) is 5.09. The fraction of sp³-hybridized carbons (Fsp3) is 0.529. The molecule has 1 N–H and O–H groups in total. The first kappa shape index (κ1) is 16.9. The number of β-amino-alcohol motifs (C(OH)–C–C–N with tert-alkyl or cyclic N) is 1. The van der Waals surface area contributed by atoms with Gasteiger partial charge < -0.3 is 19.3 Å². The van der Waals surface area contributed by atoms with Crippen molar-refractivity contribution >= 4 is 5.91 Å². The van der Waals surface area contributed by atoms with Gasteiger partial charge in [0.25, 0.3) is 5.91 Å². The monoisotopic (exact) mass is 358 g/mol. The summed E-state index contributed by atoms with van der Waals surface area (Å²) in [5, 5.41) is 18.5. The molecule has 26 heavy (non-hydrogen) atoms. The van der Waals surface area contributed by atoms with Gasteiger partial charge in [-0.2, -0.15) is 0 Å². The lowest BCUT2D eigenvalue weighted by Crippen LogP contribution is -2.39. The number of carbonyl (C=O) groups excluding carboxylic acids is 1. The van der Waals surface area contributed by atoms with Gasteiger partial charge in [0.15, 0.2) is 11.6 Å². The molecule has 138 valence electrons. The van der Waals surface area contributed by atoms with Gasteiger partial charge in [0.1, 0.15) is 0 Å². The Morgan fingerprint density at radius 3 is 2.81 bits per heavy atom. The number of pyridine rings is 1. The van der Waals surface area contributed by atoms with Crippen molar-refractivity contribution in [2.24, 2.45) is 0 Å². The standard InChI is InChI=1S/C17H22N6O3/c1-21-9-12(24)7-13(21)16-20-19-14-10-22(5-6-23(14)16)17(25)11-3-4-15(26-2)18-8-11/h3-4,8,12-13,24H,5-7,9-10H2,1-2H3/t12-,13+/m1/s1. The molecule has 4 heterocycles. The highest BCUT2D eigenvalue weighted by Gasteiger charge is 2.35. The van der Waals surface area contributed by atoms with E-state index < -0.39 is 0 Å². The lowest BCUT2D eigenvalue weighted by Gasteiger charge is -2.29. The van der Waals surface area contributed by atoms with Crippen LogP contribution in [-0.4, -0.2) is 73.9 Å². The second-order valence-corrected chi connectivity index (χ2v) is 6.79. The van der Waals surface area contributed by atoms with Crippen molar-refractivity contribution in [3.63, 3.8) is 0 Å². The summed E-state index contributed by atoms with van der Waals surface area (Å²) < 4.78 is 7.11. The number of nitrogens with zero attached hydrogens (tertiary/aromatic N) is 6. The van der Waals surface area contributed by atoms with Crippen molar-refractivity contribution in [1.29, 1.82) is 0 Å². The van der Waals surface area contributed by atoms with E-state index >= 15 is 0 Å². The Bertz CT molecular complexity index is 805. The molecule has 0 aromatic carbocycles. The number of hydrogen-bond donors (Lipinski definition) is 1. The number of aliphatic hydroxyl groups excluding tert-OH is 1. The summed E-state index contributed by atoms with van der Waals surface area (Å²) in [6.45, 7) is 2.29. The molecule has 2 aliphatic heterocycles. The van der Waals surface area contributed by atoms with E-state index in [-0.39, 0.29) is 18.1 Å². The minimum Gasteiger partial charge on any atom is -0.481 e. The molecule has 0 aliphatic carbocycles. The number of aliphatic hydroxyl groups is 1.